The lowest BCUT2D eigenvalue weighted by Crippen LogP contribution is -2.19. The summed E-state index contributed by atoms with van der Waals surface area (Å²) in [6.45, 7) is -1.09. The molecule has 3 nitrogen and oxygen atoms in total. The summed E-state index contributed by atoms with van der Waals surface area (Å²) in [5, 5.41) is 2.89. The number of halogens is 4. The van der Waals surface area contributed by atoms with Crippen LogP contribution >= 0.6 is 11.3 Å². The van der Waals surface area contributed by atoms with E-state index in [0.29, 0.717) is 12.2 Å². The van der Waals surface area contributed by atoms with Crippen LogP contribution in [0.15, 0.2) is 29.9 Å². The van der Waals surface area contributed by atoms with Crippen LogP contribution in [0.3, 0.4) is 0 Å². The van der Waals surface area contributed by atoms with E-state index in [1.54, 1.807) is 11.7 Å². The van der Waals surface area contributed by atoms with Crippen molar-refractivity contribution in [1.29, 1.82) is 0 Å². The molecule has 0 aliphatic heterocycles. The minimum atomic E-state index is -4.47. The van der Waals surface area contributed by atoms with Gasteiger partial charge in [0.1, 0.15) is 11.6 Å². The Balaban J connectivity index is 2.07. The Morgan fingerprint density at radius 3 is 2.75 bits per heavy atom. The minimum absolute atomic E-state index is 0.174. The number of aromatic nitrogens is 1. The molecule has 0 bridgehead atoms. The molecule has 1 N–H and O–H groups in total. The quantitative estimate of drug-likeness (QED) is 0.852. The van der Waals surface area contributed by atoms with Crippen molar-refractivity contribution in [2.45, 2.75) is 12.7 Å². The lowest BCUT2D eigenvalue weighted by molar-refractivity contribution is -0.153. The maximum absolute atomic E-state index is 13.1. The summed E-state index contributed by atoms with van der Waals surface area (Å²) in [7, 11) is 0. The molecule has 108 valence electrons. The number of ether oxygens (including phenoxy) is 1. The number of nitrogens with zero attached hydrogens (tertiary/aromatic N) is 1. The molecule has 0 spiro atoms. The fourth-order valence-electron chi connectivity index (χ4n) is 1.43. The summed E-state index contributed by atoms with van der Waals surface area (Å²) in [6, 6.07) is 3.40. The van der Waals surface area contributed by atoms with E-state index >= 15 is 0 Å². The Bertz CT molecular complexity index is 557. The Morgan fingerprint density at radius 2 is 2.10 bits per heavy atom. The Kier molecular flexibility index (Phi) is 4.43. The molecule has 2 rings (SSSR count). The summed E-state index contributed by atoms with van der Waals surface area (Å²) >= 11 is 1.40. The van der Waals surface area contributed by atoms with Crippen LogP contribution in [0.5, 0.6) is 5.75 Å². The van der Waals surface area contributed by atoms with Gasteiger partial charge in [-0.3, -0.25) is 4.98 Å². The van der Waals surface area contributed by atoms with Crippen LogP contribution in [0, 0.1) is 5.82 Å². The molecule has 0 aliphatic rings. The van der Waals surface area contributed by atoms with Gasteiger partial charge in [0.2, 0.25) is 0 Å². The van der Waals surface area contributed by atoms with E-state index in [4.69, 9.17) is 0 Å². The van der Waals surface area contributed by atoms with Crippen molar-refractivity contribution in [3.05, 3.63) is 40.6 Å². The third-order valence-corrected chi connectivity index (χ3v) is 3.05. The lowest BCUT2D eigenvalue weighted by Gasteiger charge is -2.14. The molecule has 8 heteroatoms. The molecule has 1 aromatic carbocycles. The highest BCUT2D eigenvalue weighted by molar-refractivity contribution is 7.09. The van der Waals surface area contributed by atoms with Gasteiger partial charge in [-0.05, 0) is 12.1 Å². The molecule has 0 saturated carbocycles. The molecule has 20 heavy (non-hydrogen) atoms. The lowest BCUT2D eigenvalue weighted by atomic mass is 10.2. The smallest absolute Gasteiger partial charge is 0.422 e. The maximum atomic E-state index is 13.1. The normalized spacial score (nSPS) is 11.4. The largest absolute Gasteiger partial charge is 0.482 e. The number of rotatable bonds is 5. The second-order valence-corrected chi connectivity index (χ2v) is 4.84. The van der Waals surface area contributed by atoms with E-state index < -0.39 is 18.6 Å². The number of hydrogen-bond donors (Lipinski definition) is 1. The van der Waals surface area contributed by atoms with Gasteiger partial charge in [0.25, 0.3) is 0 Å². The summed E-state index contributed by atoms with van der Waals surface area (Å²) in [5.74, 6) is -0.836. The molecule has 1 aromatic heterocycles. The number of alkyl halides is 3. The Morgan fingerprint density at radius 1 is 1.30 bits per heavy atom. The van der Waals surface area contributed by atoms with Gasteiger partial charge in [-0.15, -0.1) is 11.3 Å². The average molecular weight is 306 g/mol. The van der Waals surface area contributed by atoms with E-state index in [-0.39, 0.29) is 5.75 Å². The topological polar surface area (TPSA) is 34.2 Å². The van der Waals surface area contributed by atoms with Gasteiger partial charge in [0.05, 0.1) is 17.7 Å². The number of hydrogen-bond acceptors (Lipinski definition) is 4. The predicted molar refractivity (Wildman–Crippen MR) is 67.4 cm³/mol. The second-order valence-electron chi connectivity index (χ2n) is 3.87. The van der Waals surface area contributed by atoms with Gasteiger partial charge in [-0.1, -0.05) is 0 Å². The average Bonchev–Trinajstić information content (AvgIpc) is 2.87. The first-order chi connectivity index (χ1) is 9.44. The molecular formula is C12H10F4N2OS. The zero-order valence-corrected chi connectivity index (χ0v) is 10.9. The van der Waals surface area contributed by atoms with Crippen LogP contribution in [-0.2, 0) is 6.54 Å². The van der Waals surface area contributed by atoms with Gasteiger partial charge in [0, 0.05) is 17.1 Å². The highest BCUT2D eigenvalue weighted by Gasteiger charge is 2.28. The van der Waals surface area contributed by atoms with Crippen LogP contribution < -0.4 is 10.1 Å². The van der Waals surface area contributed by atoms with Crippen LogP contribution in [0.4, 0.5) is 23.2 Å². The molecule has 0 aliphatic carbocycles. The molecular weight excluding hydrogens is 296 g/mol. The van der Waals surface area contributed by atoms with Crippen molar-refractivity contribution in [2.24, 2.45) is 0 Å². The van der Waals surface area contributed by atoms with Gasteiger partial charge >= 0.3 is 6.18 Å². The van der Waals surface area contributed by atoms with E-state index in [9.17, 15) is 17.6 Å². The SMILES string of the molecule is Fc1ccc(NCc2cncs2)c(OCC(F)(F)F)c1. The summed E-state index contributed by atoms with van der Waals surface area (Å²) in [6.07, 6.45) is -2.83. The Hall–Kier alpha value is -1.83. The van der Waals surface area contributed by atoms with Gasteiger partial charge in [0.15, 0.2) is 6.61 Å². The highest BCUT2D eigenvalue weighted by atomic mass is 32.1. The number of benzene rings is 1. The second kappa shape index (κ2) is 6.08. The first-order valence-corrected chi connectivity index (χ1v) is 6.42. The zero-order chi connectivity index (χ0) is 14.6. The molecule has 2 aromatic rings. The van der Waals surface area contributed by atoms with Crippen LogP contribution in [0.2, 0.25) is 0 Å². The molecule has 1 heterocycles. The van der Waals surface area contributed by atoms with Crippen LogP contribution in [0.1, 0.15) is 4.88 Å². The summed E-state index contributed by atoms with van der Waals surface area (Å²) in [4.78, 5) is 4.78. The van der Waals surface area contributed by atoms with Gasteiger partial charge in [-0.25, -0.2) is 4.39 Å². The molecule has 0 saturated heterocycles. The predicted octanol–water partition coefficient (Wildman–Crippen LogP) is 3.84. The molecule has 0 amide bonds. The minimum Gasteiger partial charge on any atom is -0.482 e. The fourth-order valence-corrected chi connectivity index (χ4v) is 1.97. The van der Waals surface area contributed by atoms with Crippen molar-refractivity contribution in [3.63, 3.8) is 0 Å². The molecule has 0 unspecified atom stereocenters. The van der Waals surface area contributed by atoms with Gasteiger partial charge < -0.3 is 10.1 Å². The van der Waals surface area contributed by atoms with E-state index in [1.165, 1.54) is 17.4 Å². The van der Waals surface area contributed by atoms with E-state index in [2.05, 4.69) is 15.0 Å². The number of thiazole rings is 1. The van der Waals surface area contributed by atoms with E-state index in [0.717, 1.165) is 17.0 Å². The third kappa shape index (κ3) is 4.37. The third-order valence-electron chi connectivity index (χ3n) is 2.27. The monoisotopic (exact) mass is 306 g/mol. The Labute approximate surface area is 116 Å². The fraction of sp³-hybridized carbons (Fsp3) is 0.250. The van der Waals surface area contributed by atoms with E-state index in [1.807, 2.05) is 0 Å². The maximum Gasteiger partial charge on any atom is 0.422 e. The van der Waals surface area contributed by atoms with Gasteiger partial charge in [-0.2, -0.15) is 13.2 Å². The van der Waals surface area contributed by atoms with Crippen molar-refractivity contribution < 1.29 is 22.3 Å². The van der Waals surface area contributed by atoms with Crippen molar-refractivity contribution in [3.8, 4) is 5.75 Å². The van der Waals surface area contributed by atoms with Crippen LogP contribution in [-0.4, -0.2) is 17.8 Å². The zero-order valence-electron chi connectivity index (χ0n) is 10.1. The number of nitrogens with one attached hydrogen (secondary N) is 1. The number of anilines is 1. The van der Waals surface area contributed by atoms with Crippen molar-refractivity contribution >= 4 is 17.0 Å². The van der Waals surface area contributed by atoms with Crippen molar-refractivity contribution in [2.75, 3.05) is 11.9 Å². The standard InChI is InChI=1S/C12H10F4N2OS/c13-8-1-2-10(18-5-9-4-17-7-20-9)11(3-8)19-6-12(14,15)16/h1-4,7,18H,5-6H2. The molecule has 0 atom stereocenters. The molecule has 0 fully saturated rings. The first-order valence-electron chi connectivity index (χ1n) is 5.54. The highest BCUT2D eigenvalue weighted by Crippen LogP contribution is 2.28. The summed E-state index contributed by atoms with van der Waals surface area (Å²) in [5.41, 5.74) is 1.94. The van der Waals surface area contributed by atoms with Crippen LogP contribution in [0.25, 0.3) is 0 Å². The molecule has 0 radical (unpaired) electrons. The van der Waals surface area contributed by atoms with Crippen molar-refractivity contribution in [1.82, 2.24) is 4.98 Å². The summed E-state index contributed by atoms with van der Waals surface area (Å²) < 4.78 is 54.1. The first kappa shape index (κ1) is 14.6.